The fourth-order valence-corrected chi connectivity index (χ4v) is 0.0481. The van der Waals surface area contributed by atoms with Crippen LogP contribution in [0.25, 0.3) is 0 Å². The lowest BCUT2D eigenvalue weighted by Crippen LogP contribution is -1.99. The van der Waals surface area contributed by atoms with Crippen molar-refractivity contribution >= 4 is 6.21 Å². The average molecular weight is 222 g/mol. The van der Waals surface area contributed by atoms with E-state index in [1.165, 1.54) is 6.42 Å². The molecule has 0 atom stereocenters. The van der Waals surface area contributed by atoms with E-state index in [0.29, 0.717) is 5.41 Å². The van der Waals surface area contributed by atoms with Gasteiger partial charge in [-0.25, -0.2) is 5.90 Å². The number of nitrogens with two attached hydrogens (primary N) is 1. The van der Waals surface area contributed by atoms with Crippen LogP contribution in [0.2, 0.25) is 0 Å². The van der Waals surface area contributed by atoms with Crippen molar-refractivity contribution in [2.45, 2.75) is 62.8 Å². The van der Waals surface area contributed by atoms with Gasteiger partial charge in [-0.1, -0.05) is 62.8 Å². The number of nitrogens with one attached hydrogen (secondary N) is 1. The van der Waals surface area contributed by atoms with Crippen LogP contribution in [0.15, 0.2) is 0 Å². The van der Waals surface area contributed by atoms with Crippen LogP contribution in [0.1, 0.15) is 62.8 Å². The van der Waals surface area contributed by atoms with Crippen molar-refractivity contribution < 1.29 is 4.84 Å². The normalized spacial score (nSPS) is 7.67. The maximum absolute atomic E-state index is 6.27. The average Bonchev–Trinajstić information content (AvgIpc) is 1.87. The molecule has 0 aromatic rings. The topological polar surface area (TPSA) is 59.1 Å². The lowest BCUT2D eigenvalue weighted by atomic mass is 10.0. The highest BCUT2D eigenvalue weighted by atomic mass is 16.6. The third-order valence-corrected chi connectivity index (χ3v) is 0.180. The quantitative estimate of drug-likeness (QED) is 0.541. The molecule has 0 rings (SSSR count). The van der Waals surface area contributed by atoms with E-state index in [4.69, 9.17) is 5.41 Å². The molecule has 0 aromatic heterocycles. The van der Waals surface area contributed by atoms with Crippen LogP contribution in [0.3, 0.4) is 0 Å². The predicted octanol–water partition coefficient (Wildman–Crippen LogP) is 4.27. The molecule has 0 spiro atoms. The monoisotopic (exact) mass is 222 g/mol. The molecule has 0 amide bonds. The minimum Gasteiger partial charge on any atom is -0.311 e. The zero-order valence-electron chi connectivity index (χ0n) is 9.98. The maximum atomic E-state index is 6.27. The summed E-state index contributed by atoms with van der Waals surface area (Å²) in [6.45, 7) is 13.2. The fraction of sp³-hybridized carbons (Fsp3) is 0.917. The van der Waals surface area contributed by atoms with Crippen LogP contribution in [-0.4, -0.2) is 12.8 Å². The van der Waals surface area contributed by atoms with Crippen molar-refractivity contribution in [2.75, 3.05) is 6.61 Å². The molecule has 0 saturated carbocycles. The van der Waals surface area contributed by atoms with E-state index >= 15 is 0 Å². The Morgan fingerprint density at radius 3 is 1.33 bits per heavy atom. The molecule has 3 N–H and O–H groups in total. The number of rotatable bonds is 2. The molecule has 0 bridgehead atoms. The van der Waals surface area contributed by atoms with Crippen LogP contribution in [0.5, 0.6) is 0 Å². The van der Waals surface area contributed by atoms with Crippen molar-refractivity contribution in [3.63, 3.8) is 0 Å². The van der Waals surface area contributed by atoms with Crippen LogP contribution in [0, 0.1) is 10.8 Å². The lowest BCUT2D eigenvalue weighted by Gasteiger charge is -2.05. The Morgan fingerprint density at radius 1 is 1.13 bits per heavy atom. The van der Waals surface area contributed by atoms with Crippen LogP contribution in [-0.2, 0) is 4.84 Å². The third-order valence-electron chi connectivity index (χ3n) is 0.180. The first-order valence-electron chi connectivity index (χ1n) is 4.64. The Hall–Kier alpha value is -0.410. The van der Waals surface area contributed by atoms with Crippen LogP contribution >= 0.6 is 0 Å². The van der Waals surface area contributed by atoms with Crippen molar-refractivity contribution in [2.24, 2.45) is 11.3 Å². The van der Waals surface area contributed by atoms with Gasteiger partial charge in [0.05, 0.1) is 0 Å². The number of hydrogen-bond donors (Lipinski definition) is 2. The summed E-state index contributed by atoms with van der Waals surface area (Å²) < 4.78 is 0. The van der Waals surface area contributed by atoms with Gasteiger partial charge in [0.15, 0.2) is 0 Å². The second-order valence-electron chi connectivity index (χ2n) is 4.24. The SMILES string of the molecule is C.C.CC(C)(C)C.CCC.N=CCON. The molecule has 3 nitrogen and oxygen atoms in total. The predicted molar refractivity (Wildman–Crippen MR) is 73.5 cm³/mol. The maximum Gasteiger partial charge on any atom is 0.102 e. The summed E-state index contributed by atoms with van der Waals surface area (Å²) in [6, 6.07) is 0. The van der Waals surface area contributed by atoms with Crippen molar-refractivity contribution in [1.29, 1.82) is 5.41 Å². The smallest absolute Gasteiger partial charge is 0.102 e. The Labute approximate surface area is 97.9 Å². The first-order valence-corrected chi connectivity index (χ1v) is 4.64. The second kappa shape index (κ2) is 23.4. The van der Waals surface area contributed by atoms with Gasteiger partial charge < -0.3 is 5.41 Å². The first-order chi connectivity index (χ1) is 5.83. The minimum atomic E-state index is 0. The standard InChI is InChI=1S/C5H12.C3H8.C2H6N2O.2CH4/c1-5(2,3)4;1-3-2;3-1-2-5-4;;/h1-4H3;3H2,1-2H3;1,3H,2,4H2;2*1H4. The summed E-state index contributed by atoms with van der Waals surface area (Å²) in [7, 11) is 0. The van der Waals surface area contributed by atoms with Gasteiger partial charge >= 0.3 is 0 Å². The molecule has 0 aliphatic rings. The zero-order valence-corrected chi connectivity index (χ0v) is 9.98. The van der Waals surface area contributed by atoms with Crippen LogP contribution in [0.4, 0.5) is 0 Å². The van der Waals surface area contributed by atoms with Crippen molar-refractivity contribution in [1.82, 2.24) is 0 Å². The molecule has 0 radical (unpaired) electrons. The summed E-state index contributed by atoms with van der Waals surface area (Å²) in [4.78, 5) is 3.95. The molecule has 0 unspecified atom stereocenters. The van der Waals surface area contributed by atoms with E-state index in [0.717, 1.165) is 6.21 Å². The molecule has 0 fully saturated rings. The van der Waals surface area contributed by atoms with Crippen molar-refractivity contribution in [3.05, 3.63) is 0 Å². The molecular formula is C12H34N2O. The van der Waals surface area contributed by atoms with Crippen molar-refractivity contribution in [3.8, 4) is 0 Å². The summed E-state index contributed by atoms with van der Waals surface area (Å²) in [5.41, 5.74) is 0.500. The first kappa shape index (κ1) is 29.3. The fourth-order valence-electron chi connectivity index (χ4n) is 0.0481. The van der Waals surface area contributed by atoms with E-state index < -0.39 is 0 Å². The highest BCUT2D eigenvalue weighted by Gasteiger charge is 1.95. The summed E-state index contributed by atoms with van der Waals surface area (Å²) in [6.07, 6.45) is 2.33. The summed E-state index contributed by atoms with van der Waals surface area (Å²) >= 11 is 0. The minimum absolute atomic E-state index is 0. The molecular weight excluding hydrogens is 188 g/mol. The Kier molecular flexibility index (Phi) is 45.8. The molecule has 3 heteroatoms. The molecule has 0 heterocycles. The van der Waals surface area contributed by atoms with E-state index in [1.807, 2.05) is 0 Å². The van der Waals surface area contributed by atoms with E-state index in [9.17, 15) is 0 Å². The van der Waals surface area contributed by atoms with Gasteiger partial charge in [-0.2, -0.15) is 0 Å². The third kappa shape index (κ3) is 722. The van der Waals surface area contributed by atoms with E-state index in [1.54, 1.807) is 0 Å². The summed E-state index contributed by atoms with van der Waals surface area (Å²) in [5, 5.41) is 6.27. The molecule has 0 saturated heterocycles. The van der Waals surface area contributed by atoms with Crippen LogP contribution < -0.4 is 5.90 Å². The molecule has 0 aromatic carbocycles. The van der Waals surface area contributed by atoms with Gasteiger partial charge in [0, 0.05) is 6.21 Å². The Bertz CT molecular complexity index is 82.1. The van der Waals surface area contributed by atoms with E-state index in [-0.39, 0.29) is 21.5 Å². The largest absolute Gasteiger partial charge is 0.311 e. The number of hydrogen-bond acceptors (Lipinski definition) is 3. The molecule has 0 aliphatic carbocycles. The van der Waals surface area contributed by atoms with E-state index in [2.05, 4.69) is 52.3 Å². The van der Waals surface area contributed by atoms with Gasteiger partial charge in [-0.15, -0.1) is 0 Å². The zero-order chi connectivity index (χ0) is 11.3. The van der Waals surface area contributed by atoms with Gasteiger partial charge in [0.25, 0.3) is 0 Å². The Balaban J connectivity index is -0.0000000322. The van der Waals surface area contributed by atoms with Gasteiger partial charge in [-0.05, 0) is 5.41 Å². The highest BCUT2D eigenvalue weighted by molar-refractivity contribution is 5.53. The highest BCUT2D eigenvalue weighted by Crippen LogP contribution is 2.07. The molecule has 15 heavy (non-hydrogen) atoms. The van der Waals surface area contributed by atoms with Gasteiger partial charge in [0.1, 0.15) is 6.61 Å². The lowest BCUT2D eigenvalue weighted by molar-refractivity contribution is 0.180. The Morgan fingerprint density at radius 2 is 1.33 bits per heavy atom. The van der Waals surface area contributed by atoms with Gasteiger partial charge in [-0.3, -0.25) is 4.84 Å². The van der Waals surface area contributed by atoms with Gasteiger partial charge in [0.2, 0.25) is 0 Å². The second-order valence-corrected chi connectivity index (χ2v) is 4.24. The molecule has 0 aliphatic heterocycles. The molecule has 98 valence electrons. The summed E-state index contributed by atoms with van der Waals surface area (Å²) in [5.74, 6) is 4.49.